The van der Waals surface area contributed by atoms with Crippen LogP contribution in [0.15, 0.2) is 11.8 Å². The predicted octanol–water partition coefficient (Wildman–Crippen LogP) is -6.67. The third-order valence-corrected chi connectivity index (χ3v) is 13.2. The number of nitrogens with one attached hydrogen (secondary N) is 9. The Hall–Kier alpha value is -6.16. The number of ether oxygens (including phenoxy) is 1. The lowest BCUT2D eigenvalue weighted by atomic mass is 10.0. The fourth-order valence-electron chi connectivity index (χ4n) is 8.07. The highest BCUT2D eigenvalue weighted by Crippen LogP contribution is 2.14. The lowest BCUT2D eigenvalue weighted by Gasteiger charge is -2.29. The molecule has 9 amide bonds. The number of carboxylic acid groups (broad SMARTS) is 1. The van der Waals surface area contributed by atoms with Crippen LogP contribution in [0.3, 0.4) is 0 Å². The number of rotatable bonds is 27. The van der Waals surface area contributed by atoms with Gasteiger partial charge >= 0.3 is 11.9 Å². The first-order chi connectivity index (χ1) is 38.8. The molecule has 0 aliphatic carbocycles. The average molecular weight is 1200 g/mol. The summed E-state index contributed by atoms with van der Waals surface area (Å²) in [5.74, 6) is -15.9. The van der Waals surface area contributed by atoms with Gasteiger partial charge in [0.05, 0.1) is 36.7 Å². The number of cyclic esters (lactones) is 1. The second-order valence-electron chi connectivity index (χ2n) is 19.6. The number of hydrogen-bond donors (Lipinski definition) is 19. The van der Waals surface area contributed by atoms with E-state index in [1.165, 1.54) is 6.92 Å². The molecule has 32 heteroatoms. The fourth-order valence-corrected chi connectivity index (χ4v) is 8.25. The summed E-state index contributed by atoms with van der Waals surface area (Å²) in [6.07, 6.45) is -3.41. The summed E-state index contributed by atoms with van der Waals surface area (Å²) in [7, 11) is 0. The summed E-state index contributed by atoms with van der Waals surface area (Å²) in [4.78, 5) is 150. The van der Waals surface area contributed by atoms with Gasteiger partial charge in [-0.2, -0.15) is 0 Å². The molecule has 31 nitrogen and oxygen atoms in total. The Bertz CT molecular complexity index is 2130. The average Bonchev–Trinajstić information content (AvgIpc) is 3.44. The Balaban J connectivity index is 3.97. The number of halogens is 1. The van der Waals surface area contributed by atoms with Crippen LogP contribution < -0.4 is 65.1 Å². The maximum absolute atomic E-state index is 14.1. The van der Waals surface area contributed by atoms with E-state index >= 15 is 0 Å². The van der Waals surface area contributed by atoms with E-state index in [4.69, 9.17) is 33.5 Å². The highest BCUT2D eigenvalue weighted by Gasteiger charge is 2.41. The Morgan fingerprint density at radius 1 is 0.634 bits per heavy atom. The van der Waals surface area contributed by atoms with Gasteiger partial charge in [-0.15, -0.1) is 11.6 Å². The van der Waals surface area contributed by atoms with Gasteiger partial charge in [0.1, 0.15) is 54.6 Å². The van der Waals surface area contributed by atoms with Crippen LogP contribution in [0.5, 0.6) is 0 Å². The first kappa shape index (κ1) is 73.9. The van der Waals surface area contributed by atoms with E-state index in [0.717, 1.165) is 57.9 Å². The zero-order valence-corrected chi connectivity index (χ0v) is 47.3. The van der Waals surface area contributed by atoms with Gasteiger partial charge in [0.2, 0.25) is 47.3 Å². The van der Waals surface area contributed by atoms with E-state index in [1.807, 2.05) is 10.6 Å². The number of allylic oxidation sites excluding steroid dienone is 1. The molecule has 0 bridgehead atoms. The number of aliphatic hydroxyl groups excluding tert-OH is 6. The van der Waals surface area contributed by atoms with Gasteiger partial charge in [-0.3, -0.25) is 43.2 Å². The fraction of sp³-hybridized carbons (Fsp3) is 0.740. The summed E-state index contributed by atoms with van der Waals surface area (Å²) in [6.45, 7) is 1.80. The van der Waals surface area contributed by atoms with Crippen molar-refractivity contribution in [2.24, 2.45) is 17.2 Å². The zero-order chi connectivity index (χ0) is 62.1. The molecule has 13 atom stereocenters. The first-order valence-electron chi connectivity index (χ1n) is 27.3. The normalized spacial score (nSPS) is 25.1. The van der Waals surface area contributed by atoms with Gasteiger partial charge in [-0.25, -0.2) is 9.59 Å². The molecule has 0 aromatic heterocycles. The van der Waals surface area contributed by atoms with Crippen molar-refractivity contribution < 1.29 is 93.2 Å². The van der Waals surface area contributed by atoms with Crippen molar-refractivity contribution in [2.45, 2.75) is 196 Å². The van der Waals surface area contributed by atoms with E-state index in [2.05, 4.69) is 44.1 Å². The van der Waals surface area contributed by atoms with E-state index in [-0.39, 0.29) is 51.7 Å². The van der Waals surface area contributed by atoms with Crippen LogP contribution >= 0.6 is 11.6 Å². The minimum Gasteiger partial charge on any atom is -0.479 e. The van der Waals surface area contributed by atoms with E-state index in [9.17, 15) is 88.5 Å². The third-order valence-electron chi connectivity index (χ3n) is 12.9. The van der Waals surface area contributed by atoms with Crippen LogP contribution in [-0.4, -0.2) is 218 Å². The van der Waals surface area contributed by atoms with Crippen LogP contribution in [0.25, 0.3) is 0 Å². The van der Waals surface area contributed by atoms with E-state index in [0.29, 0.717) is 6.42 Å². The van der Waals surface area contributed by atoms with Crippen molar-refractivity contribution in [3.63, 3.8) is 0 Å². The Labute approximate surface area is 480 Å². The number of carbonyl (C=O) groups excluding carboxylic acids is 10. The standard InChI is InChI=1S/C50H87ClN12O19/c1-4-6-7-8-9-10-11-12-15-33(66)34(67)23-36(69)55-32-25-82-50(81)38(35(68)24-51)62-48(78)39(40(70)49(79)80)63-41(71)27(5-2)56-47(77)37(26(3)65)61-45(75)28(14-13-19-52)57-44(74)31(18-22-64)60-43(73)29(16-20-53)58-42(72)30(17-21-54)59-46(32)76/h5,26,28-35,37-40,64-68,70H,4,6-25,52-54H2,1-3H3,(H,55,69)(H,56,77)(H,57,74)(H,58,72)(H,59,76)(H,60,73)(H,61,75)(H,62,78)(H,63,71)(H,79,80). The summed E-state index contributed by atoms with van der Waals surface area (Å²) >= 11 is 5.85. The quantitative estimate of drug-likeness (QED) is 0.0157. The molecule has 1 rings (SSSR count). The number of nitrogens with two attached hydrogens (primary N) is 3. The number of carboxylic acids is 1. The number of amides is 9. The van der Waals surface area contributed by atoms with Crippen LogP contribution in [0.2, 0.25) is 0 Å². The lowest BCUT2D eigenvalue weighted by Crippen LogP contribution is -2.62. The summed E-state index contributed by atoms with van der Waals surface area (Å²) in [6, 6.07) is -15.3. The van der Waals surface area contributed by atoms with Crippen molar-refractivity contribution in [1.29, 1.82) is 0 Å². The number of hydrogen-bond acceptors (Lipinski definition) is 21. The molecular weight excluding hydrogens is 1110 g/mol. The topological polar surface area (TPSA) is 525 Å². The number of aliphatic hydroxyl groups is 6. The van der Waals surface area contributed by atoms with Crippen LogP contribution in [0.4, 0.5) is 0 Å². The summed E-state index contributed by atoms with van der Waals surface area (Å²) < 4.78 is 5.26. The molecule has 1 aliphatic heterocycles. The van der Waals surface area contributed by atoms with E-state index < -0.39 is 182 Å². The predicted molar refractivity (Wildman–Crippen MR) is 292 cm³/mol. The van der Waals surface area contributed by atoms with Crippen molar-refractivity contribution >= 4 is 76.7 Å². The van der Waals surface area contributed by atoms with Crippen LogP contribution in [0, 0.1) is 0 Å². The van der Waals surface area contributed by atoms with E-state index in [1.54, 1.807) is 0 Å². The molecule has 1 aliphatic rings. The van der Waals surface area contributed by atoms with Gasteiger partial charge < -0.3 is 106 Å². The largest absolute Gasteiger partial charge is 0.479 e. The third kappa shape index (κ3) is 26.4. The van der Waals surface area contributed by atoms with Gasteiger partial charge in [-0.05, 0) is 72.0 Å². The Morgan fingerprint density at radius 3 is 1.62 bits per heavy atom. The smallest absolute Gasteiger partial charge is 0.335 e. The molecule has 13 unspecified atom stereocenters. The highest BCUT2D eigenvalue weighted by molar-refractivity contribution is 6.18. The lowest BCUT2D eigenvalue weighted by molar-refractivity contribution is -0.155. The number of unbranched alkanes of at least 4 members (excludes halogenated alkanes) is 7. The zero-order valence-electron chi connectivity index (χ0n) is 46.6. The number of aliphatic carboxylic acids is 1. The van der Waals surface area contributed by atoms with Gasteiger partial charge in [-0.1, -0.05) is 64.4 Å². The van der Waals surface area contributed by atoms with Crippen molar-refractivity contribution in [3.05, 3.63) is 11.8 Å². The Kier molecular flexibility index (Phi) is 36.1. The van der Waals surface area contributed by atoms with Crippen molar-refractivity contribution in [3.8, 4) is 0 Å². The minimum absolute atomic E-state index is 0.0276. The molecule has 0 spiro atoms. The number of carbonyl (C=O) groups is 11. The molecule has 1 saturated heterocycles. The molecule has 1 heterocycles. The second-order valence-corrected chi connectivity index (χ2v) is 19.9. The molecule has 0 aromatic rings. The summed E-state index contributed by atoms with van der Waals surface area (Å²) in [5.41, 5.74) is 16.5. The SMILES string of the molecule is CC=C1NC(=O)C(C(C)O)NC(=O)C(CCCN)NC(=O)C(CCO)NC(=O)C(CCN)NC(=O)C(CCN)NC(=O)C(NC(=O)CC(O)C(O)CCCCCCCCCC)COC(=O)C(C(O)CCl)NC(=O)C(C(O)C(=O)O)NC1=O. The van der Waals surface area contributed by atoms with Gasteiger partial charge in [0.15, 0.2) is 12.1 Å². The first-order valence-corrected chi connectivity index (χ1v) is 27.9. The molecular formula is C50H87ClN12O19. The molecule has 0 radical (unpaired) electrons. The molecule has 0 saturated carbocycles. The monoisotopic (exact) mass is 1190 g/mol. The molecule has 468 valence electrons. The maximum atomic E-state index is 14.1. The summed E-state index contributed by atoms with van der Waals surface area (Å²) in [5, 5.41) is 93.1. The number of alkyl halides is 1. The second kappa shape index (κ2) is 40.1. The molecule has 1 fully saturated rings. The van der Waals surface area contributed by atoms with Crippen LogP contribution in [0.1, 0.15) is 117 Å². The maximum Gasteiger partial charge on any atom is 0.335 e. The van der Waals surface area contributed by atoms with Gasteiger partial charge in [0.25, 0.3) is 5.91 Å². The highest BCUT2D eigenvalue weighted by atomic mass is 35.5. The molecule has 0 aromatic carbocycles. The van der Waals surface area contributed by atoms with Crippen molar-refractivity contribution in [1.82, 2.24) is 47.9 Å². The van der Waals surface area contributed by atoms with Gasteiger partial charge in [0, 0.05) is 6.61 Å². The minimum atomic E-state index is -2.83. The van der Waals surface area contributed by atoms with Crippen LogP contribution in [-0.2, 0) is 57.5 Å². The van der Waals surface area contributed by atoms with Crippen molar-refractivity contribution in [2.75, 3.05) is 38.7 Å². The molecule has 82 heavy (non-hydrogen) atoms. The number of esters is 1. The Morgan fingerprint density at radius 2 is 1.13 bits per heavy atom. The molecule has 22 N–H and O–H groups in total.